The molecule has 0 unspecified atom stereocenters. The van der Waals surface area contributed by atoms with E-state index in [1.807, 2.05) is 37.4 Å². The first-order chi connectivity index (χ1) is 21.0. The molecule has 2 N–H and O–H groups in total. The van der Waals surface area contributed by atoms with Crippen molar-refractivity contribution in [1.29, 1.82) is 0 Å². The van der Waals surface area contributed by atoms with Crippen LogP contribution in [0, 0.1) is 5.92 Å². The average molecular weight is 605 g/mol. The molecule has 1 fully saturated rings. The zero-order valence-corrected chi connectivity index (χ0v) is 26.9. The van der Waals surface area contributed by atoms with E-state index in [4.69, 9.17) is 4.42 Å². The summed E-state index contributed by atoms with van der Waals surface area (Å²) in [6.45, 7) is 4.93. The maximum Gasteiger partial charge on any atom is 0.240 e. The van der Waals surface area contributed by atoms with Crippen molar-refractivity contribution in [2.24, 2.45) is 5.92 Å². The summed E-state index contributed by atoms with van der Waals surface area (Å²) in [4.78, 5) is 8.95. The van der Waals surface area contributed by atoms with Crippen molar-refractivity contribution in [2.45, 2.75) is 95.8 Å². The third-order valence-corrected chi connectivity index (χ3v) is 9.70. The van der Waals surface area contributed by atoms with Crippen LogP contribution in [0.5, 0.6) is 0 Å². The van der Waals surface area contributed by atoms with Crippen LogP contribution in [0.2, 0.25) is 0 Å². The van der Waals surface area contributed by atoms with Gasteiger partial charge < -0.3 is 9.73 Å². The summed E-state index contributed by atoms with van der Waals surface area (Å²) in [6.07, 6.45) is 16.8. The van der Waals surface area contributed by atoms with Crippen LogP contribution < -0.4 is 10.0 Å². The summed E-state index contributed by atoms with van der Waals surface area (Å²) in [6, 6.07) is 16.8. The maximum atomic E-state index is 12.9. The molecule has 0 aliphatic heterocycles. The maximum absolute atomic E-state index is 12.9. The zero-order valence-electron chi connectivity index (χ0n) is 26.1. The zero-order chi connectivity index (χ0) is 30.5. The molecule has 0 spiro atoms. The molecular formula is C35H48N4O3S. The Labute approximate surface area is 258 Å². The number of nitrogens with zero attached hydrogens (tertiary/aromatic N) is 2. The van der Waals surface area contributed by atoms with Gasteiger partial charge >= 0.3 is 0 Å². The van der Waals surface area contributed by atoms with E-state index in [2.05, 4.69) is 33.9 Å². The van der Waals surface area contributed by atoms with Gasteiger partial charge in [0.1, 0.15) is 17.9 Å². The summed E-state index contributed by atoms with van der Waals surface area (Å²) in [5, 5.41) is 3.91. The monoisotopic (exact) mass is 604 g/mol. The minimum Gasteiger partial charge on any atom is -0.437 e. The van der Waals surface area contributed by atoms with Gasteiger partial charge in [-0.15, -0.1) is 0 Å². The number of benzene rings is 2. The van der Waals surface area contributed by atoms with Gasteiger partial charge in [-0.25, -0.2) is 23.1 Å². The van der Waals surface area contributed by atoms with Crippen molar-refractivity contribution < 1.29 is 12.8 Å². The quantitative estimate of drug-likeness (QED) is 0.124. The Balaban J connectivity index is 0.000000641. The molecule has 4 aromatic rings. The Morgan fingerprint density at radius 1 is 0.837 bits per heavy atom. The highest BCUT2D eigenvalue weighted by Gasteiger charge is 2.22. The first-order valence-corrected chi connectivity index (χ1v) is 17.6. The lowest BCUT2D eigenvalue weighted by Gasteiger charge is -2.14. The van der Waals surface area contributed by atoms with E-state index in [9.17, 15) is 8.42 Å². The fraction of sp³-hybridized carbons (Fsp3) is 0.486. The van der Waals surface area contributed by atoms with E-state index in [1.165, 1.54) is 70.5 Å². The first-order valence-electron chi connectivity index (χ1n) is 16.1. The van der Waals surface area contributed by atoms with E-state index >= 15 is 0 Å². The van der Waals surface area contributed by atoms with E-state index in [0.29, 0.717) is 23.8 Å². The lowest BCUT2D eigenvalue weighted by molar-refractivity contribution is 0.415. The van der Waals surface area contributed by atoms with Crippen molar-refractivity contribution in [1.82, 2.24) is 14.7 Å². The van der Waals surface area contributed by atoms with Crippen molar-refractivity contribution in [3.63, 3.8) is 0 Å². The number of anilines is 1. The summed E-state index contributed by atoms with van der Waals surface area (Å²) in [5.74, 6) is 2.03. The molecule has 43 heavy (non-hydrogen) atoms. The number of unbranched alkanes of at least 4 members (excludes halogenated alkanes) is 3. The molecule has 8 heteroatoms. The van der Waals surface area contributed by atoms with Crippen LogP contribution >= 0.6 is 0 Å². The number of hydrogen-bond donors (Lipinski definition) is 2. The molecule has 5 rings (SSSR count). The fourth-order valence-corrected chi connectivity index (χ4v) is 6.90. The van der Waals surface area contributed by atoms with Crippen molar-refractivity contribution in [3.05, 3.63) is 60.9 Å². The molecule has 7 nitrogen and oxygen atoms in total. The van der Waals surface area contributed by atoms with Crippen molar-refractivity contribution in [2.75, 3.05) is 18.9 Å². The van der Waals surface area contributed by atoms with Gasteiger partial charge in [0.15, 0.2) is 0 Å². The van der Waals surface area contributed by atoms with E-state index in [0.717, 1.165) is 40.8 Å². The van der Waals surface area contributed by atoms with Gasteiger partial charge in [0.2, 0.25) is 15.7 Å². The van der Waals surface area contributed by atoms with Crippen LogP contribution in [-0.2, 0) is 10.0 Å². The van der Waals surface area contributed by atoms with Gasteiger partial charge in [0, 0.05) is 24.7 Å². The van der Waals surface area contributed by atoms with Crippen molar-refractivity contribution >= 4 is 26.9 Å². The molecule has 0 saturated heterocycles. The Morgan fingerprint density at radius 3 is 2.14 bits per heavy atom. The van der Waals surface area contributed by atoms with Gasteiger partial charge in [-0.3, -0.25) is 0 Å². The molecule has 2 aromatic heterocycles. The Kier molecular flexibility index (Phi) is 12.6. The molecule has 2 aromatic carbocycles. The number of sulfonamides is 1. The number of rotatable bonds is 12. The average Bonchev–Trinajstić information content (AvgIpc) is 3.24. The van der Waals surface area contributed by atoms with E-state index in [-0.39, 0.29) is 4.90 Å². The topological polar surface area (TPSA) is 97.1 Å². The molecule has 1 aliphatic carbocycles. The lowest BCUT2D eigenvalue weighted by Crippen LogP contribution is -2.25. The second-order valence-electron chi connectivity index (χ2n) is 11.5. The van der Waals surface area contributed by atoms with Crippen LogP contribution in [0.1, 0.15) is 90.9 Å². The fourth-order valence-electron chi connectivity index (χ4n) is 5.83. The minimum absolute atomic E-state index is 0.249. The number of nitrogens with one attached hydrogen (secondary N) is 2. The summed E-state index contributed by atoms with van der Waals surface area (Å²) in [7, 11) is -1.77. The molecular weight excluding hydrogens is 556 g/mol. The van der Waals surface area contributed by atoms with Crippen LogP contribution in [0.4, 0.5) is 5.82 Å². The normalized spacial score (nSPS) is 14.2. The third kappa shape index (κ3) is 8.89. The number of furan rings is 1. The van der Waals surface area contributed by atoms with Crippen molar-refractivity contribution in [3.8, 4) is 22.5 Å². The highest BCUT2D eigenvalue weighted by atomic mass is 32.2. The molecule has 1 saturated carbocycles. The van der Waals surface area contributed by atoms with Gasteiger partial charge in [-0.2, -0.15) is 0 Å². The Bertz CT molecular complexity index is 1490. The number of hydrogen-bond acceptors (Lipinski definition) is 6. The van der Waals surface area contributed by atoms with Gasteiger partial charge in [-0.1, -0.05) is 108 Å². The van der Waals surface area contributed by atoms with E-state index < -0.39 is 10.0 Å². The Morgan fingerprint density at radius 2 is 1.51 bits per heavy atom. The van der Waals surface area contributed by atoms with Gasteiger partial charge in [0.05, 0.1) is 10.3 Å². The molecule has 1 aliphatic rings. The summed E-state index contributed by atoms with van der Waals surface area (Å²) >= 11 is 0. The van der Waals surface area contributed by atoms with Crippen LogP contribution in [-0.4, -0.2) is 32.0 Å². The molecule has 0 radical (unpaired) electrons. The molecule has 0 amide bonds. The van der Waals surface area contributed by atoms with Crippen LogP contribution in [0.15, 0.2) is 70.2 Å². The van der Waals surface area contributed by atoms with Gasteiger partial charge in [0.25, 0.3) is 0 Å². The molecule has 232 valence electrons. The van der Waals surface area contributed by atoms with Crippen LogP contribution in [0.3, 0.4) is 0 Å². The predicted molar refractivity (Wildman–Crippen MR) is 178 cm³/mol. The predicted octanol–water partition coefficient (Wildman–Crippen LogP) is 9.21. The highest BCUT2D eigenvalue weighted by Crippen LogP contribution is 2.42. The SMILES string of the molecule is CCCCCC.CNc1ncnc2oc(-c3ccc(S(=O)(=O)NCCCC4CCCCCC4)cc3)c(-c3ccccc3)c12. The Hall–Kier alpha value is -3.23. The minimum atomic E-state index is -3.58. The molecule has 0 atom stereocenters. The molecule has 0 bridgehead atoms. The first kappa shape index (κ1) is 32.7. The second kappa shape index (κ2) is 16.6. The third-order valence-electron chi connectivity index (χ3n) is 8.23. The lowest BCUT2D eigenvalue weighted by atomic mass is 9.95. The van der Waals surface area contributed by atoms with E-state index in [1.54, 1.807) is 24.3 Å². The van der Waals surface area contributed by atoms with Crippen LogP contribution in [0.25, 0.3) is 33.6 Å². The number of aromatic nitrogens is 2. The standard InChI is InChI=1S/C29H34N4O3S.C6H14/c1-30-28-26-25(22-13-7-4-8-14-22)27(36-29(26)32-20-31-28)23-15-17-24(18-16-23)37(34,35)33-19-9-12-21-10-5-2-3-6-11-21;1-3-5-6-4-2/h4,7-8,13-18,20-21,33H,2-3,5-6,9-12,19H2,1H3,(H,30,31,32);3-6H2,1-2H3. The largest absolute Gasteiger partial charge is 0.437 e. The van der Waals surface area contributed by atoms with Gasteiger partial charge in [-0.05, 0) is 48.6 Å². The summed E-state index contributed by atoms with van der Waals surface area (Å²) < 4.78 is 34.9. The number of fused-ring (bicyclic) bond motifs is 1. The smallest absolute Gasteiger partial charge is 0.240 e. The highest BCUT2D eigenvalue weighted by molar-refractivity contribution is 7.89. The summed E-state index contributed by atoms with van der Waals surface area (Å²) in [5.41, 5.74) is 3.08. The second-order valence-corrected chi connectivity index (χ2v) is 13.2. The molecule has 2 heterocycles.